The van der Waals surface area contributed by atoms with Crippen LogP contribution in [-0.4, -0.2) is 27.0 Å². The lowest BCUT2D eigenvalue weighted by Gasteiger charge is -2.43. The van der Waals surface area contributed by atoms with Crippen molar-refractivity contribution in [1.29, 1.82) is 0 Å². The minimum absolute atomic E-state index is 0.0324. The molecule has 2 aromatic rings. The molecule has 3 rings (SSSR count). The lowest BCUT2D eigenvalue weighted by molar-refractivity contribution is -0.150. The Kier molecular flexibility index (Phi) is 12.1. The maximum Gasteiger partial charge on any atom is 0.309 e. The van der Waals surface area contributed by atoms with Crippen molar-refractivity contribution in [2.24, 2.45) is 5.41 Å². The zero-order valence-electron chi connectivity index (χ0n) is 24.4. The van der Waals surface area contributed by atoms with Crippen LogP contribution >= 0.6 is 11.8 Å². The van der Waals surface area contributed by atoms with Crippen LogP contribution in [0.5, 0.6) is 11.5 Å². The van der Waals surface area contributed by atoms with Gasteiger partial charge in [0.15, 0.2) is 0 Å². The summed E-state index contributed by atoms with van der Waals surface area (Å²) in [6.07, 6.45) is 14.9. The first-order chi connectivity index (χ1) is 18.8. The number of phenolic OH excluding ortho intramolecular Hbond substituents is 2. The molecule has 5 heteroatoms. The molecule has 1 heterocycles. The van der Waals surface area contributed by atoms with Crippen molar-refractivity contribution in [2.75, 3.05) is 5.75 Å². The van der Waals surface area contributed by atoms with Gasteiger partial charge in [0.25, 0.3) is 0 Å². The predicted octanol–water partition coefficient (Wildman–Crippen LogP) is 9.82. The first kappa shape index (κ1) is 31.4. The van der Waals surface area contributed by atoms with E-state index in [0.29, 0.717) is 17.4 Å². The molecule has 0 amide bonds. The van der Waals surface area contributed by atoms with Crippen molar-refractivity contribution < 1.29 is 20.1 Å². The van der Waals surface area contributed by atoms with Crippen LogP contribution < -0.4 is 0 Å². The molecule has 3 N–H and O–H groups in total. The second-order valence-electron chi connectivity index (χ2n) is 11.9. The van der Waals surface area contributed by atoms with Crippen molar-refractivity contribution in [2.45, 2.75) is 127 Å². The number of fused-ring (bicyclic) bond motifs is 1. The fourth-order valence-electron chi connectivity index (χ4n) is 6.46. The van der Waals surface area contributed by atoms with Crippen molar-refractivity contribution in [3.05, 3.63) is 53.6 Å². The van der Waals surface area contributed by atoms with Gasteiger partial charge < -0.3 is 15.3 Å². The molecule has 0 radical (unpaired) electrons. The summed E-state index contributed by atoms with van der Waals surface area (Å²) in [6.45, 7) is 6.56. The van der Waals surface area contributed by atoms with E-state index in [1.54, 1.807) is 12.1 Å². The summed E-state index contributed by atoms with van der Waals surface area (Å²) in [5.41, 5.74) is 2.03. The highest BCUT2D eigenvalue weighted by molar-refractivity contribution is 7.99. The molecular weight excluding hydrogens is 504 g/mol. The molecule has 1 unspecified atom stereocenters. The van der Waals surface area contributed by atoms with Crippen molar-refractivity contribution in [3.63, 3.8) is 0 Å². The Balaban J connectivity index is 1.48. The second-order valence-corrected chi connectivity index (χ2v) is 13.0. The van der Waals surface area contributed by atoms with Gasteiger partial charge in [0.05, 0.1) is 5.41 Å². The molecule has 3 atom stereocenters. The maximum atomic E-state index is 12.0. The van der Waals surface area contributed by atoms with Crippen LogP contribution in [0.25, 0.3) is 0 Å². The van der Waals surface area contributed by atoms with E-state index in [-0.39, 0.29) is 5.41 Å². The van der Waals surface area contributed by atoms with Gasteiger partial charge in [0.1, 0.15) is 11.5 Å². The number of benzene rings is 2. The first-order valence-corrected chi connectivity index (χ1v) is 16.2. The number of aromatic hydroxyl groups is 2. The zero-order chi connectivity index (χ0) is 28.3. The quantitative estimate of drug-likeness (QED) is 0.170. The Morgan fingerprint density at radius 1 is 0.872 bits per heavy atom. The lowest BCUT2D eigenvalue weighted by atomic mass is 9.68. The van der Waals surface area contributed by atoms with Crippen molar-refractivity contribution >= 4 is 17.7 Å². The summed E-state index contributed by atoms with van der Waals surface area (Å²) in [5, 5.41) is 29.8. The van der Waals surface area contributed by atoms with Gasteiger partial charge >= 0.3 is 5.97 Å². The van der Waals surface area contributed by atoms with Gasteiger partial charge in [-0.15, -0.1) is 11.8 Å². The Morgan fingerprint density at radius 2 is 1.46 bits per heavy atom. The molecule has 0 saturated heterocycles. The molecule has 0 bridgehead atoms. The van der Waals surface area contributed by atoms with Gasteiger partial charge in [-0.1, -0.05) is 103 Å². The molecule has 1 aliphatic heterocycles. The van der Waals surface area contributed by atoms with E-state index >= 15 is 0 Å². The number of aliphatic carboxylic acids is 1. The molecule has 0 aromatic heterocycles. The monoisotopic (exact) mass is 554 g/mol. The smallest absolute Gasteiger partial charge is 0.309 e. The highest BCUT2D eigenvalue weighted by Gasteiger charge is 2.41. The molecule has 216 valence electrons. The standard InChI is InChI=1S/C34H50O4S/c1-4-6-13-22-34(5-2,32(37)38)23-14-11-9-7-8-10-12-15-30-29-21-20-28(36)24-31(29)39-25-33(30,3)26-16-18-27(35)19-17-26/h16-21,24,30,35-36H,4-15,22-23,25H2,1-3H3,(H,37,38)/t30-,33-,34?/m1/s1. The zero-order valence-corrected chi connectivity index (χ0v) is 25.2. The second kappa shape index (κ2) is 15.0. The van der Waals surface area contributed by atoms with E-state index in [9.17, 15) is 20.1 Å². The molecule has 0 saturated carbocycles. The third kappa shape index (κ3) is 8.19. The molecule has 0 fully saturated rings. The van der Waals surface area contributed by atoms with Gasteiger partial charge in [-0.05, 0) is 67.0 Å². The highest BCUT2D eigenvalue weighted by Crippen LogP contribution is 2.52. The van der Waals surface area contributed by atoms with Crippen LogP contribution in [0.2, 0.25) is 0 Å². The SMILES string of the molecule is CCCCCC(CC)(CCCCCCCCC[C@@H]1c2ccc(O)cc2SC[C@]1(C)c1ccc(O)cc1)C(=O)O. The molecule has 1 aliphatic rings. The van der Waals surface area contributed by atoms with Crippen LogP contribution in [0, 0.1) is 5.41 Å². The van der Waals surface area contributed by atoms with E-state index < -0.39 is 11.4 Å². The third-order valence-electron chi connectivity index (χ3n) is 9.23. The van der Waals surface area contributed by atoms with E-state index in [4.69, 9.17) is 0 Å². The summed E-state index contributed by atoms with van der Waals surface area (Å²) in [5.74, 6) is 1.34. The number of hydrogen-bond acceptors (Lipinski definition) is 4. The summed E-state index contributed by atoms with van der Waals surface area (Å²) in [6, 6.07) is 13.5. The Morgan fingerprint density at radius 3 is 2.08 bits per heavy atom. The first-order valence-electron chi connectivity index (χ1n) is 15.2. The molecule has 4 nitrogen and oxygen atoms in total. The molecular formula is C34H50O4S. The van der Waals surface area contributed by atoms with E-state index in [2.05, 4.69) is 32.0 Å². The van der Waals surface area contributed by atoms with Crippen molar-refractivity contribution in [3.8, 4) is 11.5 Å². The summed E-state index contributed by atoms with van der Waals surface area (Å²) in [7, 11) is 0. The van der Waals surface area contributed by atoms with Crippen molar-refractivity contribution in [1.82, 2.24) is 0 Å². The Bertz CT molecular complexity index is 1040. The normalized spacial score (nSPS) is 20.3. The van der Waals surface area contributed by atoms with Crippen LogP contribution in [0.3, 0.4) is 0 Å². The maximum absolute atomic E-state index is 12.0. The summed E-state index contributed by atoms with van der Waals surface area (Å²) >= 11 is 1.82. The average Bonchev–Trinajstić information content (AvgIpc) is 2.92. The van der Waals surface area contributed by atoms with Crippen LogP contribution in [0.1, 0.15) is 128 Å². The lowest BCUT2D eigenvalue weighted by Crippen LogP contribution is -2.36. The highest BCUT2D eigenvalue weighted by atomic mass is 32.2. The summed E-state index contributed by atoms with van der Waals surface area (Å²) < 4.78 is 0. The number of phenols is 2. The largest absolute Gasteiger partial charge is 0.508 e. The fraction of sp³-hybridized carbons (Fsp3) is 0.618. The van der Waals surface area contributed by atoms with Crippen LogP contribution in [0.4, 0.5) is 0 Å². The number of hydrogen-bond donors (Lipinski definition) is 3. The number of rotatable bonds is 17. The average molecular weight is 555 g/mol. The van der Waals surface area contributed by atoms with Gasteiger partial charge in [0, 0.05) is 16.1 Å². The summed E-state index contributed by atoms with van der Waals surface area (Å²) in [4.78, 5) is 13.2. The van der Waals surface area contributed by atoms with Gasteiger partial charge in [-0.25, -0.2) is 0 Å². The Hall–Kier alpha value is -2.14. The van der Waals surface area contributed by atoms with Crippen LogP contribution in [-0.2, 0) is 10.2 Å². The predicted molar refractivity (Wildman–Crippen MR) is 163 cm³/mol. The Labute approximate surface area is 240 Å². The number of thioether (sulfide) groups is 1. The van der Waals surface area contributed by atoms with Gasteiger partial charge in [-0.3, -0.25) is 4.79 Å². The minimum Gasteiger partial charge on any atom is -0.508 e. The minimum atomic E-state index is -0.599. The molecule has 0 aliphatic carbocycles. The number of unbranched alkanes of at least 4 members (excludes halogenated alkanes) is 8. The fourth-order valence-corrected chi connectivity index (χ4v) is 7.87. The van der Waals surface area contributed by atoms with E-state index in [1.165, 1.54) is 48.1 Å². The number of carboxylic acid groups (broad SMARTS) is 1. The third-order valence-corrected chi connectivity index (χ3v) is 10.6. The molecule has 0 spiro atoms. The van der Waals surface area contributed by atoms with E-state index in [1.807, 2.05) is 30.8 Å². The van der Waals surface area contributed by atoms with Gasteiger partial charge in [0.2, 0.25) is 0 Å². The molecule has 39 heavy (non-hydrogen) atoms. The molecule has 2 aromatic carbocycles. The number of carbonyl (C=O) groups is 1. The van der Waals surface area contributed by atoms with E-state index in [0.717, 1.165) is 63.5 Å². The van der Waals surface area contributed by atoms with Crippen LogP contribution in [0.15, 0.2) is 47.4 Å². The topological polar surface area (TPSA) is 77.8 Å². The van der Waals surface area contributed by atoms with Gasteiger partial charge in [-0.2, -0.15) is 0 Å². The number of carboxylic acids is 1.